The van der Waals surface area contributed by atoms with Gasteiger partial charge in [0.25, 0.3) is 0 Å². The molecule has 2 fully saturated rings. The van der Waals surface area contributed by atoms with E-state index in [0.717, 1.165) is 37.4 Å². The van der Waals surface area contributed by atoms with E-state index in [2.05, 4.69) is 12.2 Å². The molecule has 0 aromatic heterocycles. The molecule has 0 bridgehead atoms. The topological polar surface area (TPSA) is 52.7 Å². The van der Waals surface area contributed by atoms with Gasteiger partial charge < -0.3 is 15.1 Å². The van der Waals surface area contributed by atoms with Crippen LogP contribution in [0.2, 0.25) is 0 Å². The SMILES string of the molecule is C[C@@H]1CN(C(=O)[C@@H]2CCCN(C(=O)Nc3ccccc3)C2)CCS1. The molecule has 0 aliphatic carbocycles. The average Bonchev–Trinajstić information content (AvgIpc) is 2.62. The highest BCUT2D eigenvalue weighted by molar-refractivity contribution is 7.99. The molecule has 3 amide bonds. The first-order chi connectivity index (χ1) is 11.6. The Morgan fingerprint density at radius 2 is 1.92 bits per heavy atom. The Morgan fingerprint density at radius 3 is 2.67 bits per heavy atom. The summed E-state index contributed by atoms with van der Waals surface area (Å²) in [7, 11) is 0. The summed E-state index contributed by atoms with van der Waals surface area (Å²) in [5, 5.41) is 3.42. The molecule has 3 rings (SSSR count). The third kappa shape index (κ3) is 4.23. The summed E-state index contributed by atoms with van der Waals surface area (Å²) in [6, 6.07) is 9.35. The Balaban J connectivity index is 1.57. The number of hydrogen-bond acceptors (Lipinski definition) is 3. The highest BCUT2D eigenvalue weighted by Gasteiger charge is 2.32. The maximum absolute atomic E-state index is 12.8. The smallest absolute Gasteiger partial charge is 0.321 e. The van der Waals surface area contributed by atoms with Crippen molar-refractivity contribution in [3.05, 3.63) is 30.3 Å². The van der Waals surface area contributed by atoms with Crippen molar-refractivity contribution in [3.63, 3.8) is 0 Å². The Kier molecular flexibility index (Phi) is 5.66. The Bertz CT molecular complexity index is 581. The number of thioether (sulfide) groups is 1. The van der Waals surface area contributed by atoms with Gasteiger partial charge in [0.1, 0.15) is 0 Å². The second-order valence-corrected chi connectivity index (χ2v) is 8.09. The van der Waals surface area contributed by atoms with Crippen molar-refractivity contribution in [1.29, 1.82) is 0 Å². The van der Waals surface area contributed by atoms with Gasteiger partial charge in [0, 0.05) is 42.9 Å². The van der Waals surface area contributed by atoms with Crippen molar-refractivity contribution in [1.82, 2.24) is 9.80 Å². The van der Waals surface area contributed by atoms with Crippen LogP contribution in [0.15, 0.2) is 30.3 Å². The minimum Gasteiger partial charge on any atom is -0.340 e. The third-order valence-corrected chi connectivity index (χ3v) is 5.77. The molecule has 1 aromatic rings. The van der Waals surface area contributed by atoms with Crippen LogP contribution in [0.3, 0.4) is 0 Å². The number of carbonyl (C=O) groups excluding carboxylic acids is 2. The van der Waals surface area contributed by atoms with Gasteiger partial charge in [0.05, 0.1) is 5.92 Å². The van der Waals surface area contributed by atoms with E-state index in [-0.39, 0.29) is 17.9 Å². The van der Waals surface area contributed by atoms with Gasteiger partial charge in [-0.25, -0.2) is 4.79 Å². The summed E-state index contributed by atoms with van der Waals surface area (Å²) in [6.45, 7) is 5.07. The lowest BCUT2D eigenvalue weighted by Gasteiger charge is -2.37. The fourth-order valence-electron chi connectivity index (χ4n) is 3.36. The van der Waals surface area contributed by atoms with E-state index in [1.54, 1.807) is 4.90 Å². The number of hydrogen-bond donors (Lipinski definition) is 1. The largest absolute Gasteiger partial charge is 0.340 e. The molecule has 6 heteroatoms. The van der Waals surface area contributed by atoms with E-state index >= 15 is 0 Å². The van der Waals surface area contributed by atoms with Gasteiger partial charge in [0.2, 0.25) is 5.91 Å². The number of nitrogens with zero attached hydrogens (tertiary/aromatic N) is 2. The zero-order valence-corrected chi connectivity index (χ0v) is 14.9. The average molecular weight is 347 g/mol. The Labute approximate surface area is 147 Å². The summed E-state index contributed by atoms with van der Waals surface area (Å²) in [6.07, 6.45) is 1.77. The van der Waals surface area contributed by atoms with Crippen LogP contribution in [0.5, 0.6) is 0 Å². The van der Waals surface area contributed by atoms with Crippen molar-refractivity contribution >= 4 is 29.4 Å². The minimum atomic E-state index is -0.110. The van der Waals surface area contributed by atoms with Gasteiger partial charge >= 0.3 is 6.03 Å². The molecular weight excluding hydrogens is 322 g/mol. The van der Waals surface area contributed by atoms with Gasteiger partial charge in [-0.1, -0.05) is 25.1 Å². The lowest BCUT2D eigenvalue weighted by Crippen LogP contribution is -2.50. The lowest BCUT2D eigenvalue weighted by molar-refractivity contribution is -0.136. The maximum Gasteiger partial charge on any atom is 0.321 e. The second-order valence-electron chi connectivity index (χ2n) is 6.55. The summed E-state index contributed by atoms with van der Waals surface area (Å²) >= 11 is 1.92. The quantitative estimate of drug-likeness (QED) is 0.895. The molecular formula is C18H25N3O2S. The number of piperidine rings is 1. The highest BCUT2D eigenvalue weighted by Crippen LogP contribution is 2.24. The summed E-state index contributed by atoms with van der Waals surface area (Å²) in [4.78, 5) is 29.0. The van der Waals surface area contributed by atoms with Crippen molar-refractivity contribution in [2.75, 3.05) is 37.2 Å². The van der Waals surface area contributed by atoms with Crippen molar-refractivity contribution < 1.29 is 9.59 Å². The fourth-order valence-corrected chi connectivity index (χ4v) is 4.38. The first-order valence-electron chi connectivity index (χ1n) is 8.65. The lowest BCUT2D eigenvalue weighted by atomic mass is 9.96. The fraction of sp³-hybridized carbons (Fsp3) is 0.556. The van der Waals surface area contributed by atoms with E-state index in [1.165, 1.54) is 0 Å². The predicted octanol–water partition coefficient (Wildman–Crippen LogP) is 2.89. The molecule has 2 heterocycles. The van der Waals surface area contributed by atoms with E-state index in [0.29, 0.717) is 18.3 Å². The third-order valence-electron chi connectivity index (χ3n) is 4.64. The van der Waals surface area contributed by atoms with E-state index < -0.39 is 0 Å². The van der Waals surface area contributed by atoms with Gasteiger partial charge in [0.15, 0.2) is 0 Å². The van der Waals surface area contributed by atoms with Gasteiger partial charge in [-0.15, -0.1) is 0 Å². The second kappa shape index (κ2) is 7.92. The van der Waals surface area contributed by atoms with Crippen molar-refractivity contribution in [2.24, 2.45) is 5.92 Å². The maximum atomic E-state index is 12.8. The number of anilines is 1. The van der Waals surface area contributed by atoms with Crippen molar-refractivity contribution in [3.8, 4) is 0 Å². The molecule has 5 nitrogen and oxygen atoms in total. The number of amides is 3. The summed E-state index contributed by atoms with van der Waals surface area (Å²) in [5.74, 6) is 1.17. The Hall–Kier alpha value is -1.69. The standard InChI is InChI=1S/C18H25N3O2S/c1-14-12-20(10-11-24-14)17(22)15-6-5-9-21(13-15)18(23)19-16-7-3-2-4-8-16/h2-4,7-8,14-15H,5-6,9-13H2,1H3,(H,19,23)/t14-,15-/m1/s1. The predicted molar refractivity (Wildman–Crippen MR) is 98.3 cm³/mol. The number of carbonyl (C=O) groups is 2. The molecule has 0 spiro atoms. The van der Waals surface area contributed by atoms with Crippen LogP contribution < -0.4 is 5.32 Å². The Morgan fingerprint density at radius 1 is 1.12 bits per heavy atom. The molecule has 1 N–H and O–H groups in total. The van der Waals surface area contributed by atoms with Crippen LogP contribution in [-0.2, 0) is 4.79 Å². The molecule has 2 aliphatic heterocycles. The minimum absolute atomic E-state index is 0.0597. The van der Waals surface area contributed by atoms with Gasteiger partial charge in [-0.2, -0.15) is 11.8 Å². The molecule has 2 aliphatic rings. The van der Waals surface area contributed by atoms with Gasteiger partial charge in [-0.3, -0.25) is 4.79 Å². The van der Waals surface area contributed by atoms with Crippen LogP contribution in [-0.4, -0.2) is 58.9 Å². The first kappa shape index (κ1) is 17.1. The van der Waals surface area contributed by atoms with Crippen LogP contribution >= 0.6 is 11.8 Å². The normalized spacial score (nSPS) is 24.5. The molecule has 0 saturated carbocycles. The molecule has 1 aromatic carbocycles. The number of nitrogens with one attached hydrogen (secondary N) is 1. The molecule has 0 radical (unpaired) electrons. The van der Waals surface area contributed by atoms with Crippen LogP contribution in [0, 0.1) is 5.92 Å². The molecule has 2 atom stereocenters. The molecule has 24 heavy (non-hydrogen) atoms. The molecule has 130 valence electrons. The first-order valence-corrected chi connectivity index (χ1v) is 9.69. The highest BCUT2D eigenvalue weighted by atomic mass is 32.2. The van der Waals surface area contributed by atoms with Crippen LogP contribution in [0.4, 0.5) is 10.5 Å². The number of para-hydroxylation sites is 1. The van der Waals surface area contributed by atoms with Gasteiger partial charge in [-0.05, 0) is 25.0 Å². The number of likely N-dealkylation sites (tertiary alicyclic amines) is 1. The number of urea groups is 1. The summed E-state index contributed by atoms with van der Waals surface area (Å²) in [5.41, 5.74) is 0.790. The molecule has 0 unspecified atom stereocenters. The zero-order chi connectivity index (χ0) is 16.9. The van der Waals surface area contributed by atoms with Crippen LogP contribution in [0.1, 0.15) is 19.8 Å². The van der Waals surface area contributed by atoms with Crippen LogP contribution in [0.25, 0.3) is 0 Å². The molecule has 2 saturated heterocycles. The zero-order valence-electron chi connectivity index (χ0n) is 14.1. The van der Waals surface area contributed by atoms with E-state index in [4.69, 9.17) is 0 Å². The summed E-state index contributed by atoms with van der Waals surface area (Å²) < 4.78 is 0. The monoisotopic (exact) mass is 347 g/mol. The van der Waals surface area contributed by atoms with Crippen molar-refractivity contribution in [2.45, 2.75) is 25.0 Å². The van der Waals surface area contributed by atoms with E-state index in [9.17, 15) is 9.59 Å². The number of benzene rings is 1. The van der Waals surface area contributed by atoms with E-state index in [1.807, 2.05) is 47.0 Å². The number of rotatable bonds is 2.